The van der Waals surface area contributed by atoms with Crippen LogP contribution in [0.4, 0.5) is 0 Å². The summed E-state index contributed by atoms with van der Waals surface area (Å²) in [7, 11) is 1.84. The number of para-hydroxylation sites is 2. The van der Waals surface area contributed by atoms with E-state index in [1.165, 1.54) is 0 Å². The molecule has 1 heterocycles. The first-order valence-electron chi connectivity index (χ1n) is 8.95. The van der Waals surface area contributed by atoms with Gasteiger partial charge in [-0.15, -0.1) is 0 Å². The molecule has 0 fully saturated rings. The van der Waals surface area contributed by atoms with E-state index in [9.17, 15) is 4.79 Å². The van der Waals surface area contributed by atoms with Crippen molar-refractivity contribution >= 4 is 21.6 Å². The highest BCUT2D eigenvalue weighted by atomic mass is 79.9. The van der Waals surface area contributed by atoms with Gasteiger partial charge in [0.15, 0.2) is 0 Å². The molecule has 0 aliphatic carbocycles. The minimum atomic E-state index is -0.130. The van der Waals surface area contributed by atoms with E-state index >= 15 is 0 Å². The molecule has 28 heavy (non-hydrogen) atoms. The van der Waals surface area contributed by atoms with Crippen molar-refractivity contribution in [2.24, 2.45) is 12.2 Å². The smallest absolute Gasteiger partial charge is 0.286 e. The summed E-state index contributed by atoms with van der Waals surface area (Å²) < 4.78 is 9.94. The highest BCUT2D eigenvalue weighted by molar-refractivity contribution is 9.10. The fraction of sp³-hybridized carbons (Fsp3) is 0.238. The number of aromatic nitrogens is 2. The van der Waals surface area contributed by atoms with Crippen LogP contribution in [0.15, 0.2) is 69.0 Å². The van der Waals surface area contributed by atoms with Crippen LogP contribution in [0.1, 0.15) is 25.1 Å². The molecule has 2 aromatic carbocycles. The maximum atomic E-state index is 12.7. The van der Waals surface area contributed by atoms with E-state index in [-0.39, 0.29) is 12.2 Å². The van der Waals surface area contributed by atoms with Crippen LogP contribution in [0.2, 0.25) is 0 Å². The van der Waals surface area contributed by atoms with Crippen LogP contribution in [0.25, 0.3) is 5.69 Å². The van der Waals surface area contributed by atoms with E-state index in [2.05, 4.69) is 21.1 Å². The molecule has 3 rings (SSSR count). The van der Waals surface area contributed by atoms with E-state index in [1.807, 2.05) is 75.5 Å². The van der Waals surface area contributed by atoms with Crippen molar-refractivity contribution < 1.29 is 9.57 Å². The molecule has 0 saturated heterocycles. The maximum Gasteiger partial charge on any atom is 0.286 e. The normalized spacial score (nSPS) is 11.5. The second-order valence-corrected chi connectivity index (χ2v) is 6.91. The third-order valence-electron chi connectivity index (χ3n) is 4.30. The lowest BCUT2D eigenvalue weighted by atomic mass is 10.1. The van der Waals surface area contributed by atoms with Gasteiger partial charge < -0.3 is 9.57 Å². The summed E-state index contributed by atoms with van der Waals surface area (Å²) in [6.07, 6.45) is 0. The van der Waals surface area contributed by atoms with Gasteiger partial charge in [-0.2, -0.15) is 0 Å². The van der Waals surface area contributed by atoms with E-state index in [1.54, 1.807) is 9.36 Å². The molecule has 0 amide bonds. The van der Waals surface area contributed by atoms with Crippen LogP contribution in [0.5, 0.6) is 5.75 Å². The quantitative estimate of drug-likeness (QED) is 0.404. The molecule has 3 aromatic rings. The van der Waals surface area contributed by atoms with E-state index in [0.717, 1.165) is 22.7 Å². The van der Waals surface area contributed by atoms with Crippen LogP contribution in [0, 0.1) is 0 Å². The van der Waals surface area contributed by atoms with E-state index < -0.39 is 0 Å². The Bertz CT molecular complexity index is 1040. The number of benzene rings is 2. The standard InChI is InChI=1S/C21H22BrN3O3/c1-4-28-23-15(2)17-12-8-9-13-19(17)27-14-18-20(22)21(26)25(24(18)3)16-10-6-5-7-11-16/h5-13H,4,14H2,1-3H3/b23-15+. The Hall–Kier alpha value is -2.80. The van der Waals surface area contributed by atoms with Crippen molar-refractivity contribution in [3.63, 3.8) is 0 Å². The third-order valence-corrected chi connectivity index (χ3v) is 5.09. The summed E-state index contributed by atoms with van der Waals surface area (Å²) in [5.41, 5.74) is 2.98. The zero-order valence-corrected chi connectivity index (χ0v) is 17.6. The summed E-state index contributed by atoms with van der Waals surface area (Å²) in [5.74, 6) is 0.676. The van der Waals surface area contributed by atoms with Gasteiger partial charge in [-0.3, -0.25) is 9.48 Å². The fourth-order valence-corrected chi connectivity index (χ4v) is 3.42. The molecule has 0 bridgehead atoms. The molecular weight excluding hydrogens is 422 g/mol. The van der Waals surface area contributed by atoms with Crippen LogP contribution < -0.4 is 10.3 Å². The van der Waals surface area contributed by atoms with Gasteiger partial charge >= 0.3 is 0 Å². The monoisotopic (exact) mass is 443 g/mol. The molecule has 0 aliphatic heterocycles. The average Bonchev–Trinajstić information content (AvgIpc) is 2.93. The molecule has 146 valence electrons. The minimum Gasteiger partial charge on any atom is -0.487 e. The molecule has 1 aromatic heterocycles. The number of halogens is 1. The molecule has 0 N–H and O–H groups in total. The zero-order valence-electron chi connectivity index (χ0n) is 16.1. The van der Waals surface area contributed by atoms with Gasteiger partial charge in [0.1, 0.15) is 23.4 Å². The molecule has 0 aliphatic rings. The first kappa shape index (κ1) is 19.9. The number of rotatable bonds is 7. The minimum absolute atomic E-state index is 0.130. The SMILES string of the molecule is CCO/N=C(\C)c1ccccc1OCc1c(Br)c(=O)n(-c2ccccc2)n1C. The lowest BCUT2D eigenvalue weighted by molar-refractivity contribution is 0.158. The largest absolute Gasteiger partial charge is 0.487 e. The zero-order chi connectivity index (χ0) is 20.1. The second-order valence-electron chi connectivity index (χ2n) is 6.12. The van der Waals surface area contributed by atoms with E-state index in [4.69, 9.17) is 9.57 Å². The lowest BCUT2D eigenvalue weighted by Crippen LogP contribution is -2.19. The topological polar surface area (TPSA) is 57.8 Å². The second kappa shape index (κ2) is 8.93. The summed E-state index contributed by atoms with van der Waals surface area (Å²) in [6.45, 7) is 4.48. The number of oxime groups is 1. The van der Waals surface area contributed by atoms with Crippen LogP contribution in [-0.2, 0) is 18.5 Å². The summed E-state index contributed by atoms with van der Waals surface area (Å²) >= 11 is 3.43. The van der Waals surface area contributed by atoms with Gasteiger partial charge in [0, 0.05) is 12.6 Å². The average molecular weight is 444 g/mol. The molecule has 0 saturated carbocycles. The summed E-state index contributed by atoms with van der Waals surface area (Å²) in [5, 5.41) is 4.09. The Morgan fingerprint density at radius 3 is 2.50 bits per heavy atom. The van der Waals surface area contributed by atoms with E-state index in [0.29, 0.717) is 16.8 Å². The van der Waals surface area contributed by atoms with Gasteiger partial charge in [0.05, 0.1) is 17.1 Å². The fourth-order valence-electron chi connectivity index (χ4n) is 2.88. The summed E-state index contributed by atoms with van der Waals surface area (Å²) in [4.78, 5) is 17.9. The summed E-state index contributed by atoms with van der Waals surface area (Å²) in [6, 6.07) is 17.1. The number of hydrogen-bond donors (Lipinski definition) is 0. The highest BCUT2D eigenvalue weighted by Gasteiger charge is 2.18. The Morgan fingerprint density at radius 2 is 1.79 bits per heavy atom. The van der Waals surface area contributed by atoms with Gasteiger partial charge in [-0.1, -0.05) is 35.5 Å². The first-order chi connectivity index (χ1) is 13.5. The van der Waals surface area contributed by atoms with Crippen LogP contribution >= 0.6 is 15.9 Å². The highest BCUT2D eigenvalue weighted by Crippen LogP contribution is 2.23. The number of hydrogen-bond acceptors (Lipinski definition) is 4. The maximum absolute atomic E-state index is 12.7. The third kappa shape index (κ3) is 4.04. The predicted molar refractivity (Wildman–Crippen MR) is 113 cm³/mol. The van der Waals surface area contributed by atoms with Crippen LogP contribution in [-0.4, -0.2) is 21.7 Å². The van der Waals surface area contributed by atoms with Crippen molar-refractivity contribution in [3.8, 4) is 11.4 Å². The van der Waals surface area contributed by atoms with Crippen molar-refractivity contribution in [1.82, 2.24) is 9.36 Å². The van der Waals surface area contributed by atoms with Crippen molar-refractivity contribution in [2.45, 2.75) is 20.5 Å². The first-order valence-corrected chi connectivity index (χ1v) is 9.74. The Balaban J connectivity index is 1.90. The number of nitrogens with zero attached hydrogens (tertiary/aromatic N) is 3. The van der Waals surface area contributed by atoms with Crippen molar-refractivity contribution in [3.05, 3.63) is 80.7 Å². The molecule has 0 spiro atoms. The molecule has 7 heteroatoms. The molecule has 0 unspecified atom stereocenters. The Kier molecular flexibility index (Phi) is 6.36. The Morgan fingerprint density at radius 1 is 1.11 bits per heavy atom. The van der Waals surface area contributed by atoms with Gasteiger partial charge in [0.2, 0.25) is 0 Å². The van der Waals surface area contributed by atoms with Gasteiger partial charge in [-0.05, 0) is 54.0 Å². The van der Waals surface area contributed by atoms with Crippen LogP contribution in [0.3, 0.4) is 0 Å². The molecular formula is C21H22BrN3O3. The molecule has 6 nitrogen and oxygen atoms in total. The van der Waals surface area contributed by atoms with Gasteiger partial charge in [0.25, 0.3) is 5.56 Å². The number of ether oxygens (including phenoxy) is 1. The predicted octanol–water partition coefficient (Wildman–Crippen LogP) is 4.28. The van der Waals surface area contributed by atoms with Gasteiger partial charge in [-0.25, -0.2) is 4.68 Å². The van der Waals surface area contributed by atoms with Crippen molar-refractivity contribution in [1.29, 1.82) is 0 Å². The molecule has 0 radical (unpaired) electrons. The molecule has 0 atom stereocenters. The Labute approximate surface area is 172 Å². The lowest BCUT2D eigenvalue weighted by Gasteiger charge is -2.13. The van der Waals surface area contributed by atoms with Crippen molar-refractivity contribution in [2.75, 3.05) is 6.61 Å².